The van der Waals surface area contributed by atoms with E-state index >= 15 is 0 Å². The summed E-state index contributed by atoms with van der Waals surface area (Å²) in [5, 5.41) is 4.57. The monoisotopic (exact) mass is 414 g/mol. The number of amides is 3. The van der Waals surface area contributed by atoms with Crippen molar-refractivity contribution < 1.29 is 23.5 Å². The molecule has 1 aromatic heterocycles. The van der Waals surface area contributed by atoms with Crippen molar-refractivity contribution in [3.05, 3.63) is 71.8 Å². The molecule has 4 aromatic rings. The van der Waals surface area contributed by atoms with Gasteiger partial charge in [0.05, 0.1) is 23.9 Å². The Hall–Kier alpha value is -4.13. The molecule has 5 rings (SSSR count). The van der Waals surface area contributed by atoms with Gasteiger partial charge in [0.2, 0.25) is 5.91 Å². The van der Waals surface area contributed by atoms with Crippen molar-refractivity contribution in [1.82, 2.24) is 4.90 Å². The average molecular weight is 414 g/mol. The molecule has 7 nitrogen and oxygen atoms in total. The van der Waals surface area contributed by atoms with Gasteiger partial charge in [-0.15, -0.1) is 0 Å². The zero-order valence-electron chi connectivity index (χ0n) is 16.8. The summed E-state index contributed by atoms with van der Waals surface area (Å²) in [6.07, 6.45) is 0. The van der Waals surface area contributed by atoms with E-state index in [-0.39, 0.29) is 0 Å². The quantitative estimate of drug-likeness (QED) is 0.505. The maximum absolute atomic E-state index is 13.0. The first-order chi connectivity index (χ1) is 15.0. The van der Waals surface area contributed by atoms with E-state index in [9.17, 15) is 14.4 Å². The van der Waals surface area contributed by atoms with Crippen LogP contribution in [-0.2, 0) is 4.79 Å². The Morgan fingerprint density at radius 2 is 1.58 bits per heavy atom. The van der Waals surface area contributed by atoms with E-state index in [4.69, 9.17) is 9.15 Å². The number of methoxy groups -OCH3 is 1. The van der Waals surface area contributed by atoms with Crippen molar-refractivity contribution in [3.8, 4) is 5.75 Å². The summed E-state index contributed by atoms with van der Waals surface area (Å²) in [5.41, 5.74) is 2.30. The van der Waals surface area contributed by atoms with Crippen molar-refractivity contribution in [2.75, 3.05) is 12.4 Å². The minimum atomic E-state index is -1.01. The Labute approximate surface area is 177 Å². The lowest BCUT2D eigenvalue weighted by Gasteiger charge is -2.22. The van der Waals surface area contributed by atoms with Crippen LogP contribution in [0.5, 0.6) is 5.75 Å². The number of fused-ring (bicyclic) bond motifs is 4. The minimum absolute atomic E-state index is 0.299. The molecule has 3 amide bonds. The third-order valence-electron chi connectivity index (χ3n) is 5.55. The SMILES string of the molecule is COc1cc2c(cc1NC(=O)[C@H](C)N1C(=O)c3ccccc3C1=O)oc1ccccc12. The van der Waals surface area contributed by atoms with Gasteiger partial charge in [-0.1, -0.05) is 30.3 Å². The molecule has 0 saturated heterocycles. The van der Waals surface area contributed by atoms with E-state index < -0.39 is 23.8 Å². The van der Waals surface area contributed by atoms with Gasteiger partial charge in [0, 0.05) is 16.8 Å². The number of hydrogen-bond donors (Lipinski definition) is 1. The second kappa shape index (κ2) is 6.98. The lowest BCUT2D eigenvalue weighted by Crippen LogP contribution is -2.45. The van der Waals surface area contributed by atoms with Crippen LogP contribution in [0.15, 0.2) is 65.1 Å². The normalized spacial score (nSPS) is 14.2. The summed E-state index contributed by atoms with van der Waals surface area (Å²) in [7, 11) is 1.51. The predicted octanol–water partition coefficient (Wildman–Crippen LogP) is 4.22. The summed E-state index contributed by atoms with van der Waals surface area (Å²) in [5.74, 6) is -1.03. The molecule has 0 aliphatic carbocycles. The van der Waals surface area contributed by atoms with E-state index in [0.29, 0.717) is 28.1 Å². The molecular formula is C24H18N2O5. The lowest BCUT2D eigenvalue weighted by molar-refractivity contribution is -0.119. The molecule has 0 bridgehead atoms. The highest BCUT2D eigenvalue weighted by molar-refractivity contribution is 6.23. The Morgan fingerprint density at radius 3 is 2.26 bits per heavy atom. The number of carbonyl (C=O) groups is 3. The number of nitrogens with one attached hydrogen (secondary N) is 1. The first-order valence-electron chi connectivity index (χ1n) is 9.76. The molecule has 7 heteroatoms. The second-order valence-corrected chi connectivity index (χ2v) is 7.34. The van der Waals surface area contributed by atoms with Gasteiger partial charge in [-0.3, -0.25) is 19.3 Å². The maximum Gasteiger partial charge on any atom is 0.262 e. The smallest absolute Gasteiger partial charge is 0.262 e. The summed E-state index contributed by atoms with van der Waals surface area (Å²) in [6.45, 7) is 1.52. The van der Waals surface area contributed by atoms with Crippen molar-refractivity contribution >= 4 is 45.3 Å². The van der Waals surface area contributed by atoms with E-state index in [1.807, 2.05) is 24.3 Å². The molecule has 154 valence electrons. The topological polar surface area (TPSA) is 88.9 Å². The maximum atomic E-state index is 13.0. The highest BCUT2D eigenvalue weighted by Gasteiger charge is 2.40. The molecule has 0 fully saturated rings. The van der Waals surface area contributed by atoms with Gasteiger partial charge in [0.25, 0.3) is 11.8 Å². The first kappa shape index (κ1) is 18.9. The number of furan rings is 1. The summed E-state index contributed by atoms with van der Waals surface area (Å²) < 4.78 is 11.4. The largest absolute Gasteiger partial charge is 0.495 e. The van der Waals surface area contributed by atoms with Gasteiger partial charge in [-0.25, -0.2) is 0 Å². The highest BCUT2D eigenvalue weighted by atomic mass is 16.5. The summed E-state index contributed by atoms with van der Waals surface area (Å²) >= 11 is 0. The van der Waals surface area contributed by atoms with Crippen LogP contribution in [-0.4, -0.2) is 35.8 Å². The number of imide groups is 1. The molecule has 1 atom stereocenters. The second-order valence-electron chi connectivity index (χ2n) is 7.34. The third kappa shape index (κ3) is 2.85. The van der Waals surface area contributed by atoms with Crippen LogP contribution >= 0.6 is 0 Å². The lowest BCUT2D eigenvalue weighted by atomic mass is 10.1. The Bertz CT molecular complexity index is 1350. The zero-order chi connectivity index (χ0) is 21.7. The van der Waals surface area contributed by atoms with Crippen molar-refractivity contribution in [3.63, 3.8) is 0 Å². The Kier molecular flexibility index (Phi) is 4.25. The Morgan fingerprint density at radius 1 is 0.935 bits per heavy atom. The van der Waals surface area contributed by atoms with Crippen LogP contribution in [0.4, 0.5) is 5.69 Å². The number of para-hydroxylation sites is 1. The van der Waals surface area contributed by atoms with Crippen molar-refractivity contribution in [2.45, 2.75) is 13.0 Å². The molecule has 0 spiro atoms. The molecule has 2 heterocycles. The Balaban J connectivity index is 1.47. The molecular weight excluding hydrogens is 396 g/mol. The van der Waals surface area contributed by atoms with E-state index in [1.54, 1.807) is 36.4 Å². The summed E-state index contributed by atoms with van der Waals surface area (Å²) in [6, 6.07) is 16.6. The van der Waals surface area contributed by atoms with E-state index in [0.717, 1.165) is 21.3 Å². The molecule has 0 radical (unpaired) electrons. The van der Waals surface area contributed by atoms with Crippen molar-refractivity contribution in [1.29, 1.82) is 0 Å². The molecule has 1 N–H and O–H groups in total. The van der Waals surface area contributed by atoms with E-state index in [1.165, 1.54) is 14.0 Å². The van der Waals surface area contributed by atoms with Gasteiger partial charge in [0.15, 0.2) is 0 Å². The molecule has 1 aliphatic rings. The number of carbonyl (C=O) groups excluding carboxylic acids is 3. The average Bonchev–Trinajstić information content (AvgIpc) is 3.27. The first-order valence-corrected chi connectivity index (χ1v) is 9.76. The number of anilines is 1. The standard InChI is InChI=1S/C24H18N2O5/c1-13(26-23(28)15-8-3-4-9-16(15)24(26)29)22(27)25-18-12-20-17(11-21(18)30-2)14-7-5-6-10-19(14)31-20/h3-13H,1-2H3,(H,25,27)/t13-/m0/s1. The zero-order valence-corrected chi connectivity index (χ0v) is 16.8. The molecule has 31 heavy (non-hydrogen) atoms. The molecule has 3 aromatic carbocycles. The molecule has 0 unspecified atom stereocenters. The van der Waals surface area contributed by atoms with Crippen molar-refractivity contribution in [2.24, 2.45) is 0 Å². The fourth-order valence-electron chi connectivity index (χ4n) is 3.93. The molecule has 1 aliphatic heterocycles. The summed E-state index contributed by atoms with van der Waals surface area (Å²) in [4.78, 5) is 39.3. The van der Waals surface area contributed by atoms with Crippen LogP contribution in [0.25, 0.3) is 21.9 Å². The van der Waals surface area contributed by atoms with Crippen LogP contribution < -0.4 is 10.1 Å². The molecule has 0 saturated carbocycles. The fraction of sp³-hybridized carbons (Fsp3) is 0.125. The number of hydrogen-bond acceptors (Lipinski definition) is 5. The number of benzene rings is 3. The van der Waals surface area contributed by atoms with Gasteiger partial charge >= 0.3 is 0 Å². The number of ether oxygens (including phenoxy) is 1. The number of nitrogens with zero attached hydrogens (tertiary/aromatic N) is 1. The highest BCUT2D eigenvalue weighted by Crippen LogP contribution is 2.36. The minimum Gasteiger partial charge on any atom is -0.495 e. The van der Waals surface area contributed by atoms with Crippen LogP contribution in [0, 0.1) is 0 Å². The number of rotatable bonds is 4. The van der Waals surface area contributed by atoms with Gasteiger partial charge in [-0.2, -0.15) is 0 Å². The van der Waals surface area contributed by atoms with Gasteiger partial charge in [0.1, 0.15) is 23.0 Å². The fourth-order valence-corrected chi connectivity index (χ4v) is 3.93. The van der Waals surface area contributed by atoms with E-state index in [2.05, 4.69) is 5.32 Å². The van der Waals surface area contributed by atoms with Crippen LogP contribution in [0.1, 0.15) is 27.6 Å². The predicted molar refractivity (Wildman–Crippen MR) is 115 cm³/mol. The van der Waals surface area contributed by atoms with Gasteiger partial charge in [-0.05, 0) is 31.2 Å². The van der Waals surface area contributed by atoms with Gasteiger partial charge < -0.3 is 14.5 Å². The third-order valence-corrected chi connectivity index (χ3v) is 5.55. The van der Waals surface area contributed by atoms with Crippen LogP contribution in [0.3, 0.4) is 0 Å². The van der Waals surface area contributed by atoms with Crippen LogP contribution in [0.2, 0.25) is 0 Å².